The fourth-order valence-corrected chi connectivity index (χ4v) is 2.80. The lowest BCUT2D eigenvalue weighted by Crippen LogP contribution is -2.41. The maximum Gasteiger partial charge on any atom is 0.151 e. The Bertz CT molecular complexity index is 623. The summed E-state index contributed by atoms with van der Waals surface area (Å²) < 4.78 is 36.9. The zero-order valence-electron chi connectivity index (χ0n) is 12.1. The van der Waals surface area contributed by atoms with Gasteiger partial charge in [-0.1, -0.05) is 6.07 Å². The van der Waals surface area contributed by atoms with Gasteiger partial charge >= 0.3 is 0 Å². The second-order valence-electron chi connectivity index (χ2n) is 5.11. The first-order chi connectivity index (χ1) is 9.16. The molecule has 0 aliphatic rings. The smallest absolute Gasteiger partial charge is 0.151 e. The third-order valence-corrected chi connectivity index (χ3v) is 5.40. The van der Waals surface area contributed by atoms with E-state index in [0.717, 1.165) is 0 Å². The van der Waals surface area contributed by atoms with E-state index in [4.69, 9.17) is 5.26 Å². The molecule has 0 aromatic heterocycles. The molecule has 0 saturated heterocycles. The molecule has 1 aromatic carbocycles. The number of halogens is 1. The normalized spacial score (nSPS) is 14.8. The summed E-state index contributed by atoms with van der Waals surface area (Å²) in [7, 11) is -1.38. The molecular formula is C14H19FN2O2S. The van der Waals surface area contributed by atoms with Crippen LogP contribution in [-0.2, 0) is 16.4 Å². The van der Waals surface area contributed by atoms with Crippen molar-refractivity contribution >= 4 is 9.84 Å². The summed E-state index contributed by atoms with van der Waals surface area (Å²) in [5, 5.41) is 8.16. The first-order valence-corrected chi connectivity index (χ1v) is 8.20. The van der Waals surface area contributed by atoms with E-state index in [0.29, 0.717) is 12.1 Å². The molecule has 0 fully saturated rings. The van der Waals surface area contributed by atoms with Crippen molar-refractivity contribution in [2.45, 2.75) is 31.7 Å². The molecule has 2 atom stereocenters. The predicted molar refractivity (Wildman–Crippen MR) is 76.3 cm³/mol. The Morgan fingerprint density at radius 3 is 2.45 bits per heavy atom. The molecule has 0 spiro atoms. The fourth-order valence-electron chi connectivity index (χ4n) is 1.87. The van der Waals surface area contributed by atoms with Crippen molar-refractivity contribution in [3.8, 4) is 6.07 Å². The van der Waals surface area contributed by atoms with Gasteiger partial charge in [0.1, 0.15) is 5.82 Å². The maximum atomic E-state index is 13.8. The zero-order valence-corrected chi connectivity index (χ0v) is 12.9. The Labute approximate surface area is 119 Å². The van der Waals surface area contributed by atoms with E-state index < -0.39 is 20.9 Å². The van der Waals surface area contributed by atoms with Crippen molar-refractivity contribution in [3.05, 3.63) is 35.1 Å². The Morgan fingerprint density at radius 2 is 2.00 bits per heavy atom. The third kappa shape index (κ3) is 4.02. The number of nitriles is 1. The number of nitrogens with zero attached hydrogens (tertiary/aromatic N) is 2. The quantitative estimate of drug-likeness (QED) is 0.833. The van der Waals surface area contributed by atoms with E-state index >= 15 is 0 Å². The minimum atomic E-state index is -3.14. The summed E-state index contributed by atoms with van der Waals surface area (Å²) in [4.78, 5) is 1.79. The van der Waals surface area contributed by atoms with Gasteiger partial charge in [0, 0.05) is 24.4 Å². The average Bonchev–Trinajstić information content (AvgIpc) is 2.38. The van der Waals surface area contributed by atoms with Crippen molar-refractivity contribution in [1.29, 1.82) is 5.26 Å². The molecule has 4 nitrogen and oxygen atoms in total. The zero-order chi connectivity index (χ0) is 15.5. The van der Waals surface area contributed by atoms with Crippen molar-refractivity contribution in [3.63, 3.8) is 0 Å². The number of benzene rings is 1. The van der Waals surface area contributed by atoms with Gasteiger partial charge in [-0.05, 0) is 33.0 Å². The van der Waals surface area contributed by atoms with Crippen molar-refractivity contribution in [1.82, 2.24) is 4.90 Å². The highest BCUT2D eigenvalue weighted by Gasteiger charge is 2.25. The van der Waals surface area contributed by atoms with Crippen molar-refractivity contribution in [2.75, 3.05) is 13.3 Å². The molecule has 0 saturated carbocycles. The standard InChI is InChI=1S/C14H19FN2O2S/c1-10(11(2)20(4,18)19)17(3)9-13-6-5-12(8-16)7-14(13)15/h5-7,10-11H,9H2,1-4H3. The van der Waals surface area contributed by atoms with Crippen LogP contribution in [0.25, 0.3) is 0 Å². The Balaban J connectivity index is 2.86. The molecule has 6 heteroatoms. The van der Waals surface area contributed by atoms with Gasteiger partial charge < -0.3 is 0 Å². The number of sulfone groups is 1. The maximum absolute atomic E-state index is 13.8. The van der Waals surface area contributed by atoms with E-state index in [-0.39, 0.29) is 11.6 Å². The SMILES string of the molecule is CC(C(C)S(C)(=O)=O)N(C)Cc1ccc(C#N)cc1F. The van der Waals surface area contributed by atoms with E-state index in [1.807, 2.05) is 6.07 Å². The lowest BCUT2D eigenvalue weighted by molar-refractivity contribution is 0.242. The minimum Gasteiger partial charge on any atom is -0.298 e. The van der Waals surface area contributed by atoms with Crippen LogP contribution >= 0.6 is 0 Å². The lowest BCUT2D eigenvalue weighted by atomic mass is 10.1. The van der Waals surface area contributed by atoms with Gasteiger partial charge in [0.2, 0.25) is 0 Å². The Kier molecular flexibility index (Phi) is 5.26. The molecule has 0 aliphatic carbocycles. The Morgan fingerprint density at radius 1 is 1.40 bits per heavy atom. The third-order valence-electron chi connectivity index (χ3n) is 3.65. The summed E-state index contributed by atoms with van der Waals surface area (Å²) >= 11 is 0. The van der Waals surface area contributed by atoms with Crippen LogP contribution in [-0.4, -0.2) is 37.9 Å². The molecule has 0 bridgehead atoms. The predicted octanol–water partition coefficient (Wildman–Crippen LogP) is 1.95. The molecule has 2 unspecified atom stereocenters. The minimum absolute atomic E-state index is 0.236. The molecule has 0 radical (unpaired) electrons. The van der Waals surface area contributed by atoms with Crippen molar-refractivity contribution in [2.24, 2.45) is 0 Å². The number of hydrogen-bond acceptors (Lipinski definition) is 4. The van der Waals surface area contributed by atoms with Gasteiger partial charge in [0.05, 0.1) is 16.9 Å². The van der Waals surface area contributed by atoms with Gasteiger partial charge in [-0.3, -0.25) is 4.90 Å². The number of rotatable bonds is 5. The van der Waals surface area contributed by atoms with Crippen LogP contribution in [0.1, 0.15) is 25.0 Å². The van der Waals surface area contributed by atoms with Crippen LogP contribution in [0.3, 0.4) is 0 Å². The summed E-state index contributed by atoms with van der Waals surface area (Å²) in [6, 6.07) is 5.94. The largest absolute Gasteiger partial charge is 0.298 e. The highest BCUT2D eigenvalue weighted by Crippen LogP contribution is 2.16. The van der Waals surface area contributed by atoms with E-state index in [1.165, 1.54) is 12.3 Å². The molecule has 1 rings (SSSR count). The number of hydrogen-bond donors (Lipinski definition) is 0. The van der Waals surface area contributed by atoms with Crippen molar-refractivity contribution < 1.29 is 12.8 Å². The molecule has 0 amide bonds. The molecule has 1 aromatic rings. The average molecular weight is 298 g/mol. The van der Waals surface area contributed by atoms with Gasteiger partial charge in [0.25, 0.3) is 0 Å². The molecule has 110 valence electrons. The van der Waals surface area contributed by atoms with Crippen LogP contribution in [0.2, 0.25) is 0 Å². The fraction of sp³-hybridized carbons (Fsp3) is 0.500. The van der Waals surface area contributed by atoms with E-state index in [1.54, 1.807) is 37.9 Å². The molecule has 0 aliphatic heterocycles. The van der Waals surface area contributed by atoms with Gasteiger partial charge in [0.15, 0.2) is 9.84 Å². The van der Waals surface area contributed by atoms with Gasteiger partial charge in [-0.25, -0.2) is 12.8 Å². The molecular weight excluding hydrogens is 279 g/mol. The van der Waals surface area contributed by atoms with E-state index in [9.17, 15) is 12.8 Å². The summed E-state index contributed by atoms with van der Waals surface area (Å²) in [6.45, 7) is 3.73. The highest BCUT2D eigenvalue weighted by atomic mass is 32.2. The lowest BCUT2D eigenvalue weighted by Gasteiger charge is -2.29. The summed E-state index contributed by atoms with van der Waals surface area (Å²) in [5.74, 6) is -0.449. The van der Waals surface area contributed by atoms with Crippen LogP contribution < -0.4 is 0 Å². The van der Waals surface area contributed by atoms with Crippen LogP contribution in [0.5, 0.6) is 0 Å². The van der Waals surface area contributed by atoms with E-state index in [2.05, 4.69) is 0 Å². The second-order valence-corrected chi connectivity index (χ2v) is 7.51. The monoisotopic (exact) mass is 298 g/mol. The Hall–Kier alpha value is -1.45. The van der Waals surface area contributed by atoms with Crippen LogP contribution in [0.4, 0.5) is 4.39 Å². The highest BCUT2D eigenvalue weighted by molar-refractivity contribution is 7.91. The second kappa shape index (κ2) is 6.33. The van der Waals surface area contributed by atoms with Crippen LogP contribution in [0.15, 0.2) is 18.2 Å². The topological polar surface area (TPSA) is 61.2 Å². The van der Waals surface area contributed by atoms with Gasteiger partial charge in [-0.2, -0.15) is 5.26 Å². The molecule has 0 heterocycles. The molecule has 20 heavy (non-hydrogen) atoms. The molecule has 0 N–H and O–H groups in total. The summed E-state index contributed by atoms with van der Waals surface area (Å²) in [6.07, 6.45) is 1.20. The van der Waals surface area contributed by atoms with Crippen LogP contribution in [0, 0.1) is 17.1 Å². The first-order valence-electron chi connectivity index (χ1n) is 6.24. The summed E-state index contributed by atoms with van der Waals surface area (Å²) in [5.41, 5.74) is 0.713. The van der Waals surface area contributed by atoms with Gasteiger partial charge in [-0.15, -0.1) is 0 Å². The first kappa shape index (κ1) is 16.6.